The summed E-state index contributed by atoms with van der Waals surface area (Å²) in [6.07, 6.45) is 9.60. The Morgan fingerprint density at radius 2 is 2.00 bits per heavy atom. The van der Waals surface area contributed by atoms with Crippen molar-refractivity contribution in [2.45, 2.75) is 25.8 Å². The summed E-state index contributed by atoms with van der Waals surface area (Å²) in [5, 5.41) is 0.638. The van der Waals surface area contributed by atoms with E-state index in [0.29, 0.717) is 34.2 Å². The smallest absolute Gasteiger partial charge is 0.217 e. The third-order valence-electron chi connectivity index (χ3n) is 6.11. The Hall–Kier alpha value is -1.91. The highest BCUT2D eigenvalue weighted by atomic mass is 35.5. The Kier molecular flexibility index (Phi) is 5.98. The van der Waals surface area contributed by atoms with Crippen LogP contribution in [0.1, 0.15) is 30.4 Å². The zero-order valence-corrected chi connectivity index (χ0v) is 16.9. The standard InChI is InChI=1S/C23H26ClFN2O/c1-28-23-19(11-20(24)12-26-23)15-27-13-17-6-4-7-18(14-27)21(17)10-9-16-5-2-3-8-22(16)25/h2-3,5,8-12,17-18,21H,4,6-7,13-15H2,1H3/b10-9+. The monoisotopic (exact) mass is 400 g/mol. The minimum Gasteiger partial charge on any atom is -0.481 e. The summed E-state index contributed by atoms with van der Waals surface area (Å²) in [5.74, 6) is 2.23. The van der Waals surface area contributed by atoms with E-state index in [1.165, 1.54) is 25.3 Å². The maximum Gasteiger partial charge on any atom is 0.217 e. The van der Waals surface area contributed by atoms with Gasteiger partial charge in [-0.3, -0.25) is 4.90 Å². The molecule has 2 atom stereocenters. The number of fused-ring (bicyclic) bond motifs is 2. The fraction of sp³-hybridized carbons (Fsp3) is 0.435. The van der Waals surface area contributed by atoms with E-state index >= 15 is 0 Å². The molecule has 1 saturated carbocycles. The van der Waals surface area contributed by atoms with Crippen molar-refractivity contribution in [1.29, 1.82) is 0 Å². The molecule has 2 bridgehead atoms. The summed E-state index contributed by atoms with van der Waals surface area (Å²) in [6.45, 7) is 2.88. The molecule has 148 valence electrons. The van der Waals surface area contributed by atoms with E-state index in [2.05, 4.69) is 16.0 Å². The first-order valence-electron chi connectivity index (χ1n) is 9.97. The van der Waals surface area contributed by atoms with E-state index in [1.54, 1.807) is 19.4 Å². The van der Waals surface area contributed by atoms with Gasteiger partial charge in [0.05, 0.1) is 12.1 Å². The van der Waals surface area contributed by atoms with E-state index < -0.39 is 0 Å². The molecule has 2 unspecified atom stereocenters. The topological polar surface area (TPSA) is 25.4 Å². The number of ether oxygens (including phenoxy) is 1. The molecular weight excluding hydrogens is 375 g/mol. The van der Waals surface area contributed by atoms with Crippen LogP contribution >= 0.6 is 11.6 Å². The maximum atomic E-state index is 14.0. The minimum atomic E-state index is -0.151. The average molecular weight is 401 g/mol. The van der Waals surface area contributed by atoms with Gasteiger partial charge in [-0.25, -0.2) is 9.37 Å². The number of aromatic nitrogens is 1. The number of hydrogen-bond donors (Lipinski definition) is 0. The summed E-state index contributed by atoms with van der Waals surface area (Å²) in [4.78, 5) is 6.79. The Labute approximate surface area is 171 Å². The zero-order chi connectivity index (χ0) is 19.5. The molecule has 2 aliphatic rings. The number of nitrogens with zero attached hydrogens (tertiary/aromatic N) is 2. The number of allylic oxidation sites excluding steroid dienone is 1. The van der Waals surface area contributed by atoms with Gasteiger partial charge in [-0.2, -0.15) is 0 Å². The summed E-state index contributed by atoms with van der Waals surface area (Å²) in [6, 6.07) is 8.94. The molecule has 5 heteroatoms. The van der Waals surface area contributed by atoms with Crippen LogP contribution in [0.3, 0.4) is 0 Å². The molecule has 0 amide bonds. The summed E-state index contributed by atoms with van der Waals surface area (Å²) in [5.41, 5.74) is 1.71. The molecule has 2 heterocycles. The van der Waals surface area contributed by atoms with E-state index in [0.717, 1.165) is 25.2 Å². The number of rotatable bonds is 5. The number of hydrogen-bond acceptors (Lipinski definition) is 3. The van der Waals surface area contributed by atoms with Crippen LogP contribution in [0.4, 0.5) is 4.39 Å². The lowest BCUT2D eigenvalue weighted by Crippen LogP contribution is -2.47. The van der Waals surface area contributed by atoms with Crippen LogP contribution < -0.4 is 4.74 Å². The highest BCUT2D eigenvalue weighted by molar-refractivity contribution is 6.30. The quantitative estimate of drug-likeness (QED) is 0.667. The second-order valence-electron chi connectivity index (χ2n) is 7.93. The van der Waals surface area contributed by atoms with Gasteiger partial charge in [0, 0.05) is 37.0 Å². The Bertz CT molecular complexity index is 842. The van der Waals surface area contributed by atoms with Gasteiger partial charge < -0.3 is 4.74 Å². The molecule has 1 aliphatic carbocycles. The minimum absolute atomic E-state index is 0.151. The second-order valence-corrected chi connectivity index (χ2v) is 8.36. The second kappa shape index (κ2) is 8.62. The molecule has 1 saturated heterocycles. The molecule has 2 fully saturated rings. The Morgan fingerprint density at radius 3 is 2.71 bits per heavy atom. The predicted octanol–water partition coefficient (Wildman–Crippen LogP) is 5.44. The van der Waals surface area contributed by atoms with E-state index in [4.69, 9.17) is 16.3 Å². The lowest BCUT2D eigenvalue weighted by molar-refractivity contribution is 0.0417. The molecular formula is C23H26ClFN2O. The van der Waals surface area contributed by atoms with Gasteiger partial charge in [-0.1, -0.05) is 48.4 Å². The van der Waals surface area contributed by atoms with Crippen molar-refractivity contribution in [3.05, 3.63) is 64.6 Å². The first-order chi connectivity index (χ1) is 13.6. The van der Waals surface area contributed by atoms with Crippen LogP contribution in [0.25, 0.3) is 6.08 Å². The lowest BCUT2D eigenvalue weighted by Gasteiger charge is -2.46. The number of piperidine rings is 1. The first kappa shape index (κ1) is 19.4. The van der Waals surface area contributed by atoms with Gasteiger partial charge in [0.25, 0.3) is 0 Å². The average Bonchev–Trinajstić information content (AvgIpc) is 2.67. The molecule has 1 aliphatic heterocycles. The van der Waals surface area contributed by atoms with Crippen molar-refractivity contribution in [1.82, 2.24) is 9.88 Å². The van der Waals surface area contributed by atoms with Gasteiger partial charge >= 0.3 is 0 Å². The molecule has 0 radical (unpaired) electrons. The Morgan fingerprint density at radius 1 is 1.25 bits per heavy atom. The fourth-order valence-electron chi connectivity index (χ4n) is 4.85. The summed E-state index contributed by atoms with van der Waals surface area (Å²) in [7, 11) is 1.65. The third kappa shape index (κ3) is 4.23. The van der Waals surface area contributed by atoms with Gasteiger partial charge in [0.2, 0.25) is 5.88 Å². The molecule has 1 aromatic carbocycles. The van der Waals surface area contributed by atoms with Crippen molar-refractivity contribution in [2.75, 3.05) is 20.2 Å². The third-order valence-corrected chi connectivity index (χ3v) is 6.31. The number of halogens is 2. The van der Waals surface area contributed by atoms with E-state index in [-0.39, 0.29) is 5.82 Å². The van der Waals surface area contributed by atoms with Crippen LogP contribution in [0.15, 0.2) is 42.6 Å². The molecule has 4 rings (SSSR count). The predicted molar refractivity (Wildman–Crippen MR) is 111 cm³/mol. The summed E-state index contributed by atoms with van der Waals surface area (Å²) >= 11 is 6.15. The number of likely N-dealkylation sites (tertiary alicyclic amines) is 1. The highest BCUT2D eigenvalue weighted by Crippen LogP contribution is 2.41. The normalized spacial score (nSPS) is 25.2. The summed E-state index contributed by atoms with van der Waals surface area (Å²) < 4.78 is 19.4. The SMILES string of the molecule is COc1ncc(Cl)cc1CN1CC2CCCC(C1)C2/C=C/c1ccccc1F. The van der Waals surface area contributed by atoms with Gasteiger partial charge in [-0.05, 0) is 42.7 Å². The largest absolute Gasteiger partial charge is 0.481 e. The van der Waals surface area contributed by atoms with Crippen LogP contribution in [0.2, 0.25) is 5.02 Å². The zero-order valence-electron chi connectivity index (χ0n) is 16.2. The van der Waals surface area contributed by atoms with Crippen LogP contribution in [0.5, 0.6) is 5.88 Å². The molecule has 28 heavy (non-hydrogen) atoms. The van der Waals surface area contributed by atoms with Gasteiger partial charge in [-0.15, -0.1) is 0 Å². The number of pyridine rings is 1. The van der Waals surface area contributed by atoms with E-state index in [1.807, 2.05) is 24.3 Å². The lowest BCUT2D eigenvalue weighted by atomic mass is 9.68. The van der Waals surface area contributed by atoms with Crippen LogP contribution in [-0.4, -0.2) is 30.1 Å². The Balaban J connectivity index is 1.48. The van der Waals surface area contributed by atoms with Crippen molar-refractivity contribution in [2.24, 2.45) is 17.8 Å². The molecule has 0 spiro atoms. The van der Waals surface area contributed by atoms with Crippen LogP contribution in [-0.2, 0) is 6.54 Å². The van der Waals surface area contributed by atoms with Crippen LogP contribution in [0, 0.1) is 23.6 Å². The molecule has 1 aromatic heterocycles. The first-order valence-corrected chi connectivity index (χ1v) is 10.4. The fourth-order valence-corrected chi connectivity index (χ4v) is 5.03. The molecule has 3 nitrogen and oxygen atoms in total. The number of methoxy groups -OCH3 is 1. The van der Waals surface area contributed by atoms with Crippen molar-refractivity contribution >= 4 is 17.7 Å². The van der Waals surface area contributed by atoms with Crippen molar-refractivity contribution in [3.8, 4) is 5.88 Å². The molecule has 0 N–H and O–H groups in total. The van der Waals surface area contributed by atoms with Crippen molar-refractivity contribution < 1.29 is 9.13 Å². The van der Waals surface area contributed by atoms with Crippen molar-refractivity contribution in [3.63, 3.8) is 0 Å². The van der Waals surface area contributed by atoms with Gasteiger partial charge in [0.15, 0.2) is 0 Å². The van der Waals surface area contributed by atoms with E-state index in [9.17, 15) is 4.39 Å². The number of benzene rings is 1. The van der Waals surface area contributed by atoms with Gasteiger partial charge in [0.1, 0.15) is 5.82 Å². The molecule has 2 aromatic rings. The highest BCUT2D eigenvalue weighted by Gasteiger charge is 2.38. The maximum absolute atomic E-state index is 14.0.